The van der Waals surface area contributed by atoms with E-state index in [0.29, 0.717) is 18.7 Å². The standard InChI is InChI=1S/C25H26N4O4S/c1-28-14-24(26-16-28)34(31,32)29-12-11-19-22(15-30)27-21-10-8-17(13-20(21)25(19)29)7-9-18-5-3-4-6-23(18)33-2/h3-6,8,10,13-14,16,19,22,25,27,30H,11-12,15H2,1-2H3/t19-,22-,25-/m1/s1. The molecule has 1 aromatic heterocycles. The molecule has 176 valence electrons. The van der Waals surface area contributed by atoms with Gasteiger partial charge in [-0.2, -0.15) is 4.31 Å². The van der Waals surface area contributed by atoms with E-state index in [1.54, 1.807) is 18.7 Å². The SMILES string of the molecule is COc1ccccc1C#Cc1ccc2c(c1)[C@H]1[C@H](CCN1S(=O)(=O)c1cn(C)cn1)[C@@H](CO)N2. The Morgan fingerprint density at radius 3 is 2.79 bits per heavy atom. The lowest BCUT2D eigenvalue weighted by Gasteiger charge is -2.38. The number of rotatable bonds is 4. The molecular weight excluding hydrogens is 452 g/mol. The van der Waals surface area contributed by atoms with Crippen molar-refractivity contribution in [1.29, 1.82) is 0 Å². The van der Waals surface area contributed by atoms with Gasteiger partial charge in [-0.15, -0.1) is 0 Å². The molecule has 0 radical (unpaired) electrons. The monoisotopic (exact) mass is 478 g/mol. The number of para-hydroxylation sites is 1. The summed E-state index contributed by atoms with van der Waals surface area (Å²) >= 11 is 0. The lowest BCUT2D eigenvalue weighted by atomic mass is 9.83. The lowest BCUT2D eigenvalue weighted by Crippen LogP contribution is -2.42. The summed E-state index contributed by atoms with van der Waals surface area (Å²) in [6, 6.07) is 12.7. The number of aromatic nitrogens is 2. The zero-order valence-electron chi connectivity index (χ0n) is 19.0. The third-order valence-corrected chi connectivity index (χ3v) is 8.29. The number of aryl methyl sites for hydroxylation is 1. The highest BCUT2D eigenvalue weighted by Crippen LogP contribution is 2.48. The molecule has 0 spiro atoms. The number of hydrogen-bond donors (Lipinski definition) is 2. The van der Waals surface area contributed by atoms with Crippen molar-refractivity contribution in [2.45, 2.75) is 23.5 Å². The molecule has 34 heavy (non-hydrogen) atoms. The van der Waals surface area contributed by atoms with Crippen molar-refractivity contribution in [3.8, 4) is 17.6 Å². The smallest absolute Gasteiger partial charge is 0.262 e. The second-order valence-electron chi connectivity index (χ2n) is 8.58. The van der Waals surface area contributed by atoms with Crippen LogP contribution in [0.1, 0.15) is 29.2 Å². The first kappa shape index (κ1) is 22.5. The Labute approximate surface area is 199 Å². The van der Waals surface area contributed by atoms with Crippen molar-refractivity contribution in [3.05, 3.63) is 71.7 Å². The average molecular weight is 479 g/mol. The van der Waals surface area contributed by atoms with Gasteiger partial charge in [0, 0.05) is 37.0 Å². The van der Waals surface area contributed by atoms with Crippen LogP contribution in [0.3, 0.4) is 0 Å². The number of benzene rings is 2. The third kappa shape index (κ3) is 3.84. The predicted molar refractivity (Wildman–Crippen MR) is 128 cm³/mol. The molecule has 3 aromatic rings. The molecule has 5 rings (SSSR count). The highest BCUT2D eigenvalue weighted by molar-refractivity contribution is 7.89. The van der Waals surface area contributed by atoms with E-state index in [1.165, 1.54) is 16.8 Å². The van der Waals surface area contributed by atoms with Crippen molar-refractivity contribution < 1.29 is 18.3 Å². The van der Waals surface area contributed by atoms with Crippen LogP contribution >= 0.6 is 0 Å². The first-order valence-corrected chi connectivity index (χ1v) is 12.5. The number of nitrogens with zero attached hydrogens (tertiary/aromatic N) is 3. The van der Waals surface area contributed by atoms with E-state index >= 15 is 0 Å². The van der Waals surface area contributed by atoms with Crippen LogP contribution in [-0.4, -0.2) is 53.7 Å². The summed E-state index contributed by atoms with van der Waals surface area (Å²) in [5.74, 6) is 6.98. The molecule has 3 heterocycles. The second kappa shape index (κ2) is 8.80. The number of imidazole rings is 1. The van der Waals surface area contributed by atoms with Crippen LogP contribution in [0.2, 0.25) is 0 Å². The molecular formula is C25H26N4O4S. The normalized spacial score (nSPS) is 21.7. The first-order valence-electron chi connectivity index (χ1n) is 11.1. The van der Waals surface area contributed by atoms with Gasteiger partial charge in [0.15, 0.2) is 5.03 Å². The summed E-state index contributed by atoms with van der Waals surface area (Å²) < 4.78 is 35.5. The van der Waals surface area contributed by atoms with Crippen molar-refractivity contribution in [3.63, 3.8) is 0 Å². The number of methoxy groups -OCH3 is 1. The van der Waals surface area contributed by atoms with Gasteiger partial charge in [0.25, 0.3) is 10.0 Å². The van der Waals surface area contributed by atoms with Crippen LogP contribution in [0.5, 0.6) is 5.75 Å². The molecule has 0 unspecified atom stereocenters. The summed E-state index contributed by atoms with van der Waals surface area (Å²) in [5, 5.41) is 13.4. The van der Waals surface area contributed by atoms with Gasteiger partial charge in [-0.3, -0.25) is 0 Å². The topological polar surface area (TPSA) is 96.7 Å². The quantitative estimate of drug-likeness (QED) is 0.559. The summed E-state index contributed by atoms with van der Waals surface area (Å²) in [5.41, 5.74) is 3.22. The molecule has 0 bridgehead atoms. The average Bonchev–Trinajstić information content (AvgIpc) is 3.50. The number of hydrogen-bond acceptors (Lipinski definition) is 6. The van der Waals surface area contributed by atoms with Crippen LogP contribution in [0.25, 0.3) is 0 Å². The molecule has 2 aliphatic rings. The number of aliphatic hydroxyl groups is 1. The zero-order chi connectivity index (χ0) is 23.9. The number of sulfonamides is 1. The Kier molecular flexibility index (Phi) is 5.81. The molecule has 9 heteroatoms. The van der Waals surface area contributed by atoms with E-state index in [4.69, 9.17) is 4.74 Å². The van der Waals surface area contributed by atoms with Gasteiger partial charge in [-0.1, -0.05) is 24.0 Å². The molecule has 0 amide bonds. The Morgan fingerprint density at radius 2 is 2.06 bits per heavy atom. The second-order valence-corrected chi connectivity index (χ2v) is 10.4. The molecule has 1 fully saturated rings. The van der Waals surface area contributed by atoms with Crippen molar-refractivity contribution in [2.75, 3.05) is 25.6 Å². The van der Waals surface area contributed by atoms with E-state index in [1.807, 2.05) is 42.5 Å². The van der Waals surface area contributed by atoms with Crippen molar-refractivity contribution >= 4 is 15.7 Å². The Morgan fingerprint density at radius 1 is 1.24 bits per heavy atom. The number of anilines is 1. The van der Waals surface area contributed by atoms with E-state index < -0.39 is 16.1 Å². The maximum Gasteiger partial charge on any atom is 0.262 e. The number of aliphatic hydroxyl groups excluding tert-OH is 1. The van der Waals surface area contributed by atoms with Gasteiger partial charge in [-0.25, -0.2) is 13.4 Å². The maximum absolute atomic E-state index is 13.5. The summed E-state index contributed by atoms with van der Waals surface area (Å²) in [4.78, 5) is 4.10. The van der Waals surface area contributed by atoms with Gasteiger partial charge < -0.3 is 19.7 Å². The predicted octanol–water partition coefficient (Wildman–Crippen LogP) is 2.37. The minimum atomic E-state index is -3.80. The van der Waals surface area contributed by atoms with Crippen molar-refractivity contribution in [1.82, 2.24) is 13.9 Å². The molecule has 2 aromatic carbocycles. The highest BCUT2D eigenvalue weighted by Gasteiger charge is 2.49. The van der Waals surface area contributed by atoms with Gasteiger partial charge >= 0.3 is 0 Å². The molecule has 0 aliphatic carbocycles. The van der Waals surface area contributed by atoms with E-state index in [2.05, 4.69) is 22.1 Å². The molecule has 0 saturated carbocycles. The first-order chi connectivity index (χ1) is 16.4. The van der Waals surface area contributed by atoms with E-state index in [0.717, 1.165) is 22.4 Å². The minimum Gasteiger partial charge on any atom is -0.495 e. The molecule has 2 N–H and O–H groups in total. The summed E-state index contributed by atoms with van der Waals surface area (Å²) in [6.07, 6.45) is 3.65. The third-order valence-electron chi connectivity index (χ3n) is 6.53. The largest absolute Gasteiger partial charge is 0.495 e. The highest BCUT2D eigenvalue weighted by atomic mass is 32.2. The Bertz CT molecular complexity index is 1390. The summed E-state index contributed by atoms with van der Waals surface area (Å²) in [7, 11) is -0.447. The minimum absolute atomic E-state index is 0.0309. The fourth-order valence-corrected chi connectivity index (χ4v) is 6.53. The Balaban J connectivity index is 1.56. The molecule has 2 aliphatic heterocycles. The lowest BCUT2D eigenvalue weighted by molar-refractivity contribution is 0.210. The van der Waals surface area contributed by atoms with Gasteiger partial charge in [-0.05, 0) is 42.3 Å². The molecule has 8 nitrogen and oxygen atoms in total. The van der Waals surface area contributed by atoms with Gasteiger partial charge in [0.2, 0.25) is 0 Å². The zero-order valence-corrected chi connectivity index (χ0v) is 19.8. The molecule has 3 atom stereocenters. The number of ether oxygens (including phenoxy) is 1. The van der Waals surface area contributed by atoms with Crippen LogP contribution < -0.4 is 10.1 Å². The van der Waals surface area contributed by atoms with Crippen LogP contribution in [0.15, 0.2) is 60.0 Å². The van der Waals surface area contributed by atoms with E-state index in [-0.39, 0.29) is 23.6 Å². The fraction of sp³-hybridized carbons (Fsp3) is 0.320. The number of nitrogens with one attached hydrogen (secondary N) is 1. The number of fused-ring (bicyclic) bond motifs is 3. The maximum atomic E-state index is 13.5. The molecule has 1 saturated heterocycles. The fourth-order valence-electron chi connectivity index (χ4n) is 4.90. The van der Waals surface area contributed by atoms with Gasteiger partial charge in [0.05, 0.1) is 37.7 Å². The van der Waals surface area contributed by atoms with E-state index in [9.17, 15) is 13.5 Å². The van der Waals surface area contributed by atoms with Crippen LogP contribution in [0.4, 0.5) is 5.69 Å². The van der Waals surface area contributed by atoms with Crippen LogP contribution in [0, 0.1) is 17.8 Å². The Hall–Kier alpha value is -3.32. The van der Waals surface area contributed by atoms with Crippen LogP contribution in [-0.2, 0) is 17.1 Å². The summed E-state index contributed by atoms with van der Waals surface area (Å²) in [6.45, 7) is 0.288. The van der Waals surface area contributed by atoms with Crippen molar-refractivity contribution in [2.24, 2.45) is 13.0 Å². The van der Waals surface area contributed by atoms with Gasteiger partial charge in [0.1, 0.15) is 5.75 Å².